The molecule has 1 fully saturated rings. The van der Waals surface area contributed by atoms with E-state index in [-0.39, 0.29) is 19.1 Å². The van der Waals surface area contributed by atoms with Gasteiger partial charge in [0.25, 0.3) is 5.91 Å². The van der Waals surface area contributed by atoms with Crippen LogP contribution in [0.25, 0.3) is 0 Å². The molecule has 132 valence electrons. The van der Waals surface area contributed by atoms with Crippen LogP contribution in [0, 0.1) is 5.41 Å². The normalized spacial score (nSPS) is 22.2. The van der Waals surface area contributed by atoms with Crippen LogP contribution in [0.15, 0.2) is 30.3 Å². The summed E-state index contributed by atoms with van der Waals surface area (Å²) in [5, 5.41) is 9.56. The van der Waals surface area contributed by atoms with Crippen LogP contribution in [-0.4, -0.2) is 54.8 Å². The molecule has 0 aliphatic carbocycles. The van der Waals surface area contributed by atoms with Gasteiger partial charge in [-0.1, -0.05) is 30.3 Å². The van der Waals surface area contributed by atoms with Gasteiger partial charge in [0, 0.05) is 20.2 Å². The first-order chi connectivity index (χ1) is 11.5. The summed E-state index contributed by atoms with van der Waals surface area (Å²) in [6.45, 7) is 2.87. The van der Waals surface area contributed by atoms with Crippen molar-refractivity contribution >= 4 is 11.9 Å². The lowest BCUT2D eigenvalue weighted by atomic mass is 9.80. The maximum atomic E-state index is 12.6. The van der Waals surface area contributed by atoms with Crippen LogP contribution in [0.5, 0.6) is 0 Å². The van der Waals surface area contributed by atoms with Crippen molar-refractivity contribution in [2.45, 2.75) is 32.5 Å². The molecular formula is C18H25NO5. The number of amides is 1. The van der Waals surface area contributed by atoms with Gasteiger partial charge in [-0.25, -0.2) is 0 Å². The quantitative estimate of drug-likeness (QED) is 0.824. The molecule has 1 aliphatic rings. The summed E-state index contributed by atoms with van der Waals surface area (Å²) < 4.78 is 10.8. The van der Waals surface area contributed by atoms with Crippen molar-refractivity contribution in [3.05, 3.63) is 35.9 Å². The Bertz CT molecular complexity index is 558. The maximum absolute atomic E-state index is 12.6. The summed E-state index contributed by atoms with van der Waals surface area (Å²) in [6.07, 6.45) is 0.545. The van der Waals surface area contributed by atoms with Crippen molar-refractivity contribution in [2.75, 3.05) is 26.8 Å². The van der Waals surface area contributed by atoms with Crippen molar-refractivity contribution in [3.63, 3.8) is 0 Å². The Morgan fingerprint density at radius 2 is 2.04 bits per heavy atom. The molecule has 2 atom stereocenters. The minimum Gasteiger partial charge on any atom is -0.481 e. The Kier molecular flexibility index (Phi) is 6.34. The Labute approximate surface area is 142 Å². The van der Waals surface area contributed by atoms with Gasteiger partial charge in [0.15, 0.2) is 0 Å². The maximum Gasteiger partial charge on any atom is 0.313 e. The van der Waals surface area contributed by atoms with E-state index >= 15 is 0 Å². The molecule has 0 bridgehead atoms. The van der Waals surface area contributed by atoms with Gasteiger partial charge < -0.3 is 19.5 Å². The Morgan fingerprint density at radius 3 is 2.67 bits per heavy atom. The first-order valence-electron chi connectivity index (χ1n) is 8.15. The Hall–Kier alpha value is -1.92. The van der Waals surface area contributed by atoms with Crippen LogP contribution >= 0.6 is 0 Å². The van der Waals surface area contributed by atoms with Gasteiger partial charge in [-0.2, -0.15) is 0 Å². The first kappa shape index (κ1) is 18.4. The van der Waals surface area contributed by atoms with Gasteiger partial charge in [-0.3, -0.25) is 9.59 Å². The van der Waals surface area contributed by atoms with E-state index in [0.717, 1.165) is 5.56 Å². The van der Waals surface area contributed by atoms with Crippen molar-refractivity contribution in [2.24, 2.45) is 5.41 Å². The SMILES string of the molecule is COCC1(C(=O)O)CCCN(C(=O)C(C)OCc2ccccc2)C1. The molecule has 6 nitrogen and oxygen atoms in total. The molecule has 0 aromatic heterocycles. The lowest BCUT2D eigenvalue weighted by Gasteiger charge is -2.40. The van der Waals surface area contributed by atoms with Gasteiger partial charge >= 0.3 is 5.97 Å². The van der Waals surface area contributed by atoms with E-state index in [2.05, 4.69) is 0 Å². The van der Waals surface area contributed by atoms with Crippen molar-refractivity contribution in [1.82, 2.24) is 4.90 Å². The lowest BCUT2D eigenvalue weighted by Crippen LogP contribution is -2.54. The number of carboxylic acid groups (broad SMARTS) is 1. The second-order valence-corrected chi connectivity index (χ2v) is 6.32. The van der Waals surface area contributed by atoms with E-state index in [9.17, 15) is 14.7 Å². The molecule has 24 heavy (non-hydrogen) atoms. The van der Waals surface area contributed by atoms with Crippen molar-refractivity contribution < 1.29 is 24.2 Å². The van der Waals surface area contributed by atoms with E-state index in [0.29, 0.717) is 26.0 Å². The number of piperidine rings is 1. The number of rotatable bonds is 7. The molecule has 1 heterocycles. The molecule has 1 aromatic carbocycles. The van der Waals surface area contributed by atoms with Gasteiger partial charge in [0.2, 0.25) is 0 Å². The fourth-order valence-corrected chi connectivity index (χ4v) is 3.07. The fourth-order valence-electron chi connectivity index (χ4n) is 3.07. The number of methoxy groups -OCH3 is 1. The fraction of sp³-hybridized carbons (Fsp3) is 0.556. The first-order valence-corrected chi connectivity index (χ1v) is 8.15. The second-order valence-electron chi connectivity index (χ2n) is 6.32. The molecule has 0 spiro atoms. The Balaban J connectivity index is 1.96. The number of likely N-dealkylation sites (tertiary alicyclic amines) is 1. The Morgan fingerprint density at radius 1 is 1.33 bits per heavy atom. The topological polar surface area (TPSA) is 76.1 Å². The number of ether oxygens (including phenoxy) is 2. The number of aliphatic carboxylic acids is 1. The number of hydrogen-bond acceptors (Lipinski definition) is 4. The molecule has 6 heteroatoms. The van der Waals surface area contributed by atoms with Crippen LogP contribution in [0.3, 0.4) is 0 Å². The molecule has 1 saturated heterocycles. The molecule has 2 rings (SSSR count). The van der Waals surface area contributed by atoms with E-state index in [1.54, 1.807) is 11.8 Å². The van der Waals surface area contributed by atoms with E-state index < -0.39 is 17.5 Å². The predicted molar refractivity (Wildman–Crippen MR) is 88.5 cm³/mol. The highest BCUT2D eigenvalue weighted by molar-refractivity contribution is 5.82. The zero-order chi connectivity index (χ0) is 17.6. The van der Waals surface area contributed by atoms with Crippen molar-refractivity contribution in [1.29, 1.82) is 0 Å². The van der Waals surface area contributed by atoms with Gasteiger partial charge in [-0.05, 0) is 25.3 Å². The van der Waals surface area contributed by atoms with Crippen LogP contribution in [0.4, 0.5) is 0 Å². The average Bonchev–Trinajstić information content (AvgIpc) is 2.60. The highest BCUT2D eigenvalue weighted by atomic mass is 16.5. The molecule has 0 saturated carbocycles. The minimum absolute atomic E-state index is 0.103. The summed E-state index contributed by atoms with van der Waals surface area (Å²) in [5.41, 5.74) is -0.0306. The third-order valence-corrected chi connectivity index (χ3v) is 4.45. The molecule has 1 aliphatic heterocycles. The van der Waals surface area contributed by atoms with E-state index in [1.165, 1.54) is 7.11 Å². The van der Waals surface area contributed by atoms with Crippen molar-refractivity contribution in [3.8, 4) is 0 Å². The molecule has 0 radical (unpaired) electrons. The van der Waals surface area contributed by atoms with Crippen LogP contribution in [0.2, 0.25) is 0 Å². The summed E-state index contributed by atoms with van der Waals surface area (Å²) in [4.78, 5) is 25.9. The number of benzene rings is 1. The van der Waals surface area contributed by atoms with Crippen LogP contribution < -0.4 is 0 Å². The molecule has 2 unspecified atom stereocenters. The van der Waals surface area contributed by atoms with Crippen LogP contribution in [-0.2, 0) is 25.7 Å². The van der Waals surface area contributed by atoms with E-state index in [4.69, 9.17) is 9.47 Å². The van der Waals surface area contributed by atoms with Gasteiger partial charge in [-0.15, -0.1) is 0 Å². The number of hydrogen-bond donors (Lipinski definition) is 1. The highest BCUT2D eigenvalue weighted by Crippen LogP contribution is 2.31. The third kappa shape index (κ3) is 4.33. The molecule has 1 aromatic rings. The number of carbonyl (C=O) groups excluding carboxylic acids is 1. The lowest BCUT2D eigenvalue weighted by molar-refractivity contribution is -0.162. The molecule has 1 N–H and O–H groups in total. The number of nitrogens with zero attached hydrogens (tertiary/aromatic N) is 1. The number of carbonyl (C=O) groups is 2. The summed E-state index contributed by atoms with van der Waals surface area (Å²) in [5.74, 6) is -1.09. The number of carboxylic acids is 1. The smallest absolute Gasteiger partial charge is 0.313 e. The largest absolute Gasteiger partial charge is 0.481 e. The molecule has 1 amide bonds. The van der Waals surface area contributed by atoms with E-state index in [1.807, 2.05) is 30.3 Å². The van der Waals surface area contributed by atoms with Gasteiger partial charge in [0.05, 0.1) is 13.2 Å². The summed E-state index contributed by atoms with van der Waals surface area (Å²) in [7, 11) is 1.48. The standard InChI is InChI=1S/C18H25NO5/c1-14(24-11-15-7-4-3-5-8-15)16(20)19-10-6-9-18(12-19,13-23-2)17(21)22/h3-5,7-8,14H,6,9-13H2,1-2H3,(H,21,22). The predicted octanol–water partition coefficient (Wildman–Crippen LogP) is 1.93. The zero-order valence-corrected chi connectivity index (χ0v) is 14.2. The third-order valence-electron chi connectivity index (χ3n) is 4.45. The summed E-state index contributed by atoms with van der Waals surface area (Å²) in [6, 6.07) is 9.63. The minimum atomic E-state index is -1.03. The monoisotopic (exact) mass is 335 g/mol. The van der Waals surface area contributed by atoms with Gasteiger partial charge in [0.1, 0.15) is 11.5 Å². The zero-order valence-electron chi connectivity index (χ0n) is 14.2. The summed E-state index contributed by atoms with van der Waals surface area (Å²) >= 11 is 0. The van der Waals surface area contributed by atoms with Crippen LogP contribution in [0.1, 0.15) is 25.3 Å². The average molecular weight is 335 g/mol. The highest BCUT2D eigenvalue weighted by Gasteiger charge is 2.44. The molecular weight excluding hydrogens is 310 g/mol. The second kappa shape index (κ2) is 8.26.